The van der Waals surface area contributed by atoms with Gasteiger partial charge in [-0.2, -0.15) is 0 Å². The van der Waals surface area contributed by atoms with Crippen LogP contribution >= 0.6 is 0 Å². The highest BCUT2D eigenvalue weighted by molar-refractivity contribution is 5.84. The number of hydrogen-bond acceptors (Lipinski definition) is 6. The van der Waals surface area contributed by atoms with Crippen molar-refractivity contribution in [2.45, 2.75) is 38.6 Å². The molecular weight excluding hydrogens is 480 g/mol. The Kier molecular flexibility index (Phi) is 7.09. The van der Waals surface area contributed by atoms with Crippen LogP contribution in [-0.2, 0) is 0 Å². The zero-order valence-electron chi connectivity index (χ0n) is 21.3. The minimum absolute atomic E-state index is 0.162. The van der Waals surface area contributed by atoms with Gasteiger partial charge in [-0.15, -0.1) is 0 Å². The van der Waals surface area contributed by atoms with Crippen molar-refractivity contribution >= 4 is 21.5 Å². The Labute approximate surface area is 221 Å². The minimum Gasteiger partial charge on any atom is -0.430 e. The second kappa shape index (κ2) is 10.6. The van der Waals surface area contributed by atoms with E-state index in [9.17, 15) is 10.2 Å². The van der Waals surface area contributed by atoms with Gasteiger partial charge in [-0.05, 0) is 57.9 Å². The van der Waals surface area contributed by atoms with E-state index in [-0.39, 0.29) is 12.8 Å². The van der Waals surface area contributed by atoms with Gasteiger partial charge in [-0.25, -0.2) is 0 Å². The number of fused-ring (bicyclic) bond motifs is 2. The third-order valence-corrected chi connectivity index (χ3v) is 6.25. The van der Waals surface area contributed by atoms with Crippen molar-refractivity contribution in [1.82, 2.24) is 0 Å². The van der Waals surface area contributed by atoms with Gasteiger partial charge in [0, 0.05) is 6.07 Å². The van der Waals surface area contributed by atoms with E-state index in [2.05, 4.69) is 0 Å². The second-order valence-corrected chi connectivity index (χ2v) is 9.03. The first kappa shape index (κ1) is 25.4. The van der Waals surface area contributed by atoms with Crippen molar-refractivity contribution in [3.8, 4) is 23.0 Å². The topological polar surface area (TPSA) is 77.4 Å². The van der Waals surface area contributed by atoms with E-state index in [1.165, 1.54) is 0 Å². The van der Waals surface area contributed by atoms with Gasteiger partial charge in [0.2, 0.25) is 0 Å². The van der Waals surface area contributed by atoms with Crippen LogP contribution in [0.1, 0.15) is 26.7 Å². The zero-order chi connectivity index (χ0) is 26.6. The third-order valence-electron chi connectivity index (χ3n) is 6.25. The van der Waals surface area contributed by atoms with Gasteiger partial charge in [0.25, 0.3) is 0 Å². The van der Waals surface area contributed by atoms with Crippen molar-refractivity contribution in [2.24, 2.45) is 0 Å². The molecule has 0 amide bonds. The van der Waals surface area contributed by atoms with Crippen molar-refractivity contribution in [2.75, 3.05) is 0 Å². The molecule has 0 fully saturated rings. The quantitative estimate of drug-likeness (QED) is 0.197. The van der Waals surface area contributed by atoms with E-state index in [0.29, 0.717) is 23.0 Å². The summed E-state index contributed by atoms with van der Waals surface area (Å²) in [4.78, 5) is 0. The molecule has 0 aromatic heterocycles. The molecule has 0 aliphatic heterocycles. The first-order valence-corrected chi connectivity index (χ1v) is 12.7. The lowest BCUT2D eigenvalue weighted by molar-refractivity contribution is -0.275. The van der Waals surface area contributed by atoms with Crippen molar-refractivity contribution < 1.29 is 29.2 Å². The molecule has 6 heteroatoms. The fraction of sp³-hybridized carbons (Fsp3) is 0.188. The summed E-state index contributed by atoms with van der Waals surface area (Å²) in [6.07, 6.45) is 0.323. The van der Waals surface area contributed by atoms with E-state index < -0.39 is 11.9 Å². The Morgan fingerprint density at radius 2 is 0.816 bits per heavy atom. The molecule has 6 nitrogen and oxygen atoms in total. The summed E-state index contributed by atoms with van der Waals surface area (Å²) in [5.41, 5.74) is 0. The lowest BCUT2D eigenvalue weighted by Crippen LogP contribution is -2.42. The third kappa shape index (κ3) is 5.83. The summed E-state index contributed by atoms with van der Waals surface area (Å²) in [6, 6.07) is 33.5. The van der Waals surface area contributed by atoms with E-state index in [0.717, 1.165) is 21.5 Å². The maximum Gasteiger partial charge on any atom is 0.368 e. The maximum atomic E-state index is 11.1. The van der Waals surface area contributed by atoms with Gasteiger partial charge in [0.15, 0.2) is 0 Å². The molecule has 0 aliphatic carbocycles. The van der Waals surface area contributed by atoms with Gasteiger partial charge in [-0.1, -0.05) is 80.6 Å². The van der Waals surface area contributed by atoms with E-state index in [4.69, 9.17) is 18.9 Å². The number of ether oxygens (including phenoxy) is 4. The lowest BCUT2D eigenvalue weighted by atomic mass is 10.1. The zero-order valence-corrected chi connectivity index (χ0v) is 21.3. The van der Waals surface area contributed by atoms with Crippen molar-refractivity contribution in [3.05, 3.63) is 109 Å². The van der Waals surface area contributed by atoms with Crippen LogP contribution in [0.2, 0.25) is 0 Å². The average Bonchev–Trinajstić information content (AvgIpc) is 2.93. The molecule has 2 N–H and O–H groups in total. The Hall–Kier alpha value is -4.26. The molecule has 0 saturated heterocycles. The largest absolute Gasteiger partial charge is 0.430 e. The Morgan fingerprint density at radius 3 is 1.21 bits per heavy atom. The SMILES string of the molecule is CCC(O)(Oc1cccc(OC(O)(CC)Oc2ccc3ccccc3c2)c1)Oc1ccc2ccccc2c1. The van der Waals surface area contributed by atoms with E-state index in [1.54, 1.807) is 50.2 Å². The molecule has 0 aliphatic rings. The fourth-order valence-electron chi connectivity index (χ4n) is 4.13. The summed E-state index contributed by atoms with van der Waals surface area (Å²) in [7, 11) is 0. The van der Waals surface area contributed by atoms with Crippen LogP contribution in [0.25, 0.3) is 21.5 Å². The number of hydrogen-bond donors (Lipinski definition) is 2. The summed E-state index contributed by atoms with van der Waals surface area (Å²) in [5, 5.41) is 26.3. The highest BCUT2D eigenvalue weighted by atomic mass is 16.8. The van der Waals surface area contributed by atoms with Crippen LogP contribution in [0.4, 0.5) is 0 Å². The van der Waals surface area contributed by atoms with E-state index in [1.807, 2.05) is 72.8 Å². The van der Waals surface area contributed by atoms with Crippen LogP contribution in [-0.4, -0.2) is 22.2 Å². The predicted molar refractivity (Wildman–Crippen MR) is 147 cm³/mol. The fourth-order valence-corrected chi connectivity index (χ4v) is 4.13. The molecule has 0 radical (unpaired) electrons. The smallest absolute Gasteiger partial charge is 0.368 e. The average molecular weight is 511 g/mol. The molecule has 2 atom stereocenters. The molecule has 0 heterocycles. The molecule has 2 unspecified atom stereocenters. The van der Waals surface area contributed by atoms with Crippen molar-refractivity contribution in [3.63, 3.8) is 0 Å². The standard InChI is InChI=1S/C32H30O6/c1-3-31(33,37-29-18-16-23-10-5-7-12-25(23)20-29)35-27-14-9-15-28(22-27)36-32(34,4-2)38-30-19-17-24-11-6-8-13-26(24)21-30/h5-22,33-34H,3-4H2,1-2H3. The molecule has 0 saturated carbocycles. The van der Waals surface area contributed by atoms with Crippen LogP contribution < -0.4 is 18.9 Å². The highest BCUT2D eigenvalue weighted by Crippen LogP contribution is 2.31. The normalized spacial score (nSPS) is 14.4. The molecule has 5 rings (SSSR count). The van der Waals surface area contributed by atoms with Gasteiger partial charge in [0.05, 0.1) is 12.8 Å². The van der Waals surface area contributed by atoms with Gasteiger partial charge < -0.3 is 29.2 Å². The Balaban J connectivity index is 1.31. The number of rotatable bonds is 10. The predicted octanol–water partition coefficient (Wildman–Crippen LogP) is 7.02. The van der Waals surface area contributed by atoms with Crippen molar-refractivity contribution in [1.29, 1.82) is 0 Å². The highest BCUT2D eigenvalue weighted by Gasteiger charge is 2.32. The van der Waals surface area contributed by atoms with Crippen LogP contribution in [0.5, 0.6) is 23.0 Å². The summed E-state index contributed by atoms with van der Waals surface area (Å²) >= 11 is 0. The number of aliphatic hydroxyl groups is 2. The summed E-state index contributed by atoms with van der Waals surface area (Å²) < 4.78 is 23.4. The van der Waals surface area contributed by atoms with Crippen LogP contribution in [0, 0.1) is 0 Å². The number of benzene rings is 5. The lowest BCUT2D eigenvalue weighted by Gasteiger charge is -2.30. The summed E-state index contributed by atoms with van der Waals surface area (Å²) in [5.74, 6) is -2.27. The molecule has 0 spiro atoms. The Bertz CT molecular complexity index is 1440. The van der Waals surface area contributed by atoms with Crippen LogP contribution in [0.15, 0.2) is 109 Å². The van der Waals surface area contributed by atoms with Gasteiger partial charge >= 0.3 is 11.9 Å². The monoisotopic (exact) mass is 510 g/mol. The molecule has 5 aromatic carbocycles. The minimum atomic E-state index is -1.91. The van der Waals surface area contributed by atoms with Crippen LogP contribution in [0.3, 0.4) is 0 Å². The first-order chi connectivity index (χ1) is 18.4. The molecule has 0 bridgehead atoms. The Morgan fingerprint density at radius 1 is 0.447 bits per heavy atom. The van der Waals surface area contributed by atoms with E-state index >= 15 is 0 Å². The maximum absolute atomic E-state index is 11.1. The van der Waals surface area contributed by atoms with Gasteiger partial charge in [-0.3, -0.25) is 0 Å². The molecule has 194 valence electrons. The first-order valence-electron chi connectivity index (χ1n) is 12.7. The molecule has 38 heavy (non-hydrogen) atoms. The summed E-state index contributed by atoms with van der Waals surface area (Å²) in [6.45, 7) is 3.52. The van der Waals surface area contributed by atoms with Gasteiger partial charge in [0.1, 0.15) is 23.0 Å². The molecular formula is C32H30O6. The second-order valence-electron chi connectivity index (χ2n) is 9.03. The molecule has 5 aromatic rings.